The Morgan fingerprint density at radius 1 is 1.22 bits per heavy atom. The number of fused-ring (bicyclic) bond motifs is 1. The molecule has 2 N–H and O–H groups in total. The second kappa shape index (κ2) is 7.84. The summed E-state index contributed by atoms with van der Waals surface area (Å²) in [5.41, 5.74) is 3.67. The molecular formula is C16H20ClN3O2S. The molecule has 2 aliphatic rings. The molecule has 0 radical (unpaired) electrons. The number of thiocarbonyl (C=S) groups is 1. The fourth-order valence-electron chi connectivity index (χ4n) is 2.78. The second-order valence-electron chi connectivity index (χ2n) is 5.71. The molecule has 1 fully saturated rings. The zero-order valence-electron chi connectivity index (χ0n) is 12.8. The Balaban J connectivity index is 1.59. The van der Waals surface area contributed by atoms with Crippen LogP contribution in [0, 0.1) is 0 Å². The minimum absolute atomic E-state index is 0.470. The van der Waals surface area contributed by atoms with Crippen LogP contribution in [-0.4, -0.2) is 30.6 Å². The van der Waals surface area contributed by atoms with E-state index in [-0.39, 0.29) is 0 Å². The monoisotopic (exact) mass is 353 g/mol. The van der Waals surface area contributed by atoms with Crippen LogP contribution in [-0.2, 0) is 0 Å². The molecule has 5 nitrogen and oxygen atoms in total. The third-order valence-corrected chi connectivity index (χ3v) is 4.38. The van der Waals surface area contributed by atoms with Gasteiger partial charge in [0.2, 0.25) is 0 Å². The Hall–Kier alpha value is -1.53. The Morgan fingerprint density at radius 3 is 2.83 bits per heavy atom. The van der Waals surface area contributed by atoms with Crippen LogP contribution in [0.1, 0.15) is 37.7 Å². The number of halogens is 1. The van der Waals surface area contributed by atoms with Crippen LogP contribution >= 0.6 is 23.8 Å². The highest BCUT2D eigenvalue weighted by atomic mass is 35.5. The van der Waals surface area contributed by atoms with Crippen molar-refractivity contribution in [2.45, 2.75) is 38.1 Å². The van der Waals surface area contributed by atoms with Gasteiger partial charge in [-0.05, 0) is 42.8 Å². The Kier molecular flexibility index (Phi) is 5.56. The number of rotatable bonds is 3. The first-order valence-electron chi connectivity index (χ1n) is 7.91. The van der Waals surface area contributed by atoms with Crippen molar-refractivity contribution in [1.29, 1.82) is 0 Å². The summed E-state index contributed by atoms with van der Waals surface area (Å²) in [6.07, 6.45) is 7.38. The number of ether oxygens (including phenoxy) is 2. The lowest BCUT2D eigenvalue weighted by atomic mass is 10.2. The smallest absolute Gasteiger partial charge is 0.187 e. The van der Waals surface area contributed by atoms with E-state index < -0.39 is 0 Å². The van der Waals surface area contributed by atoms with Crippen LogP contribution in [0.2, 0.25) is 5.02 Å². The number of benzene rings is 1. The van der Waals surface area contributed by atoms with Gasteiger partial charge in [-0.1, -0.05) is 24.4 Å². The number of hydrogen-bond acceptors (Lipinski definition) is 4. The summed E-state index contributed by atoms with van der Waals surface area (Å²) in [6.45, 7) is 1.24. The van der Waals surface area contributed by atoms with Gasteiger partial charge in [-0.3, -0.25) is 5.43 Å². The van der Waals surface area contributed by atoms with Gasteiger partial charge in [0, 0.05) is 12.5 Å². The molecule has 23 heavy (non-hydrogen) atoms. The lowest BCUT2D eigenvalue weighted by Gasteiger charge is -2.13. The maximum absolute atomic E-state index is 6.25. The molecule has 0 bridgehead atoms. The third-order valence-electron chi connectivity index (χ3n) is 3.89. The molecule has 0 unspecified atom stereocenters. The van der Waals surface area contributed by atoms with E-state index in [1.807, 2.05) is 6.07 Å². The first-order valence-corrected chi connectivity index (χ1v) is 8.70. The second-order valence-corrected chi connectivity index (χ2v) is 6.52. The standard InChI is InChI=1S/C16H20ClN3O2S/c17-13-8-11(9-14-15(13)22-7-3-6-21-14)10-18-20-16(23)19-12-4-1-2-5-12/h8-10,12H,1-7H2,(H2,19,20,23)/b18-10-. The molecule has 0 amide bonds. The number of hydrazone groups is 1. The van der Waals surface area contributed by atoms with Gasteiger partial charge >= 0.3 is 0 Å². The van der Waals surface area contributed by atoms with Crippen molar-refractivity contribution in [2.24, 2.45) is 5.10 Å². The van der Waals surface area contributed by atoms with E-state index in [4.69, 9.17) is 33.3 Å². The Labute approximate surface area is 146 Å². The van der Waals surface area contributed by atoms with E-state index in [0.29, 0.717) is 40.9 Å². The summed E-state index contributed by atoms with van der Waals surface area (Å²) in [5, 5.41) is 8.51. The largest absolute Gasteiger partial charge is 0.489 e. The summed E-state index contributed by atoms with van der Waals surface area (Å²) in [6, 6.07) is 4.14. The van der Waals surface area contributed by atoms with Gasteiger partial charge in [0.25, 0.3) is 0 Å². The summed E-state index contributed by atoms with van der Waals surface area (Å²) in [5.74, 6) is 1.26. The predicted molar refractivity (Wildman–Crippen MR) is 95.8 cm³/mol. The molecule has 1 aliphatic heterocycles. The van der Waals surface area contributed by atoms with Gasteiger partial charge in [-0.2, -0.15) is 5.10 Å². The van der Waals surface area contributed by atoms with Gasteiger partial charge in [0.05, 0.1) is 24.5 Å². The minimum atomic E-state index is 0.470. The van der Waals surface area contributed by atoms with Gasteiger partial charge in [0.1, 0.15) is 0 Å². The molecule has 1 saturated carbocycles. The average Bonchev–Trinajstić information content (AvgIpc) is 2.90. The zero-order valence-corrected chi connectivity index (χ0v) is 14.4. The summed E-state index contributed by atoms with van der Waals surface area (Å²) >= 11 is 11.5. The SMILES string of the molecule is S=C(N/N=C\c1cc(Cl)c2c(c1)OCCCO2)NC1CCCC1. The molecule has 0 aromatic heterocycles. The average molecular weight is 354 g/mol. The van der Waals surface area contributed by atoms with E-state index in [0.717, 1.165) is 12.0 Å². The highest BCUT2D eigenvalue weighted by molar-refractivity contribution is 7.80. The summed E-state index contributed by atoms with van der Waals surface area (Å²) in [4.78, 5) is 0. The van der Waals surface area contributed by atoms with Gasteiger partial charge < -0.3 is 14.8 Å². The van der Waals surface area contributed by atoms with Gasteiger partial charge in [0.15, 0.2) is 16.6 Å². The lowest BCUT2D eigenvalue weighted by molar-refractivity contribution is 0.297. The van der Waals surface area contributed by atoms with Crippen molar-refractivity contribution in [3.05, 3.63) is 22.7 Å². The minimum Gasteiger partial charge on any atom is -0.489 e. The van der Waals surface area contributed by atoms with Crippen molar-refractivity contribution < 1.29 is 9.47 Å². The predicted octanol–water partition coefficient (Wildman–Crippen LogP) is 3.24. The van der Waals surface area contributed by atoms with E-state index in [2.05, 4.69) is 15.8 Å². The molecule has 3 rings (SSSR count). The number of hydrogen-bond donors (Lipinski definition) is 2. The van der Waals surface area contributed by atoms with Crippen LogP contribution < -0.4 is 20.2 Å². The molecule has 7 heteroatoms. The van der Waals surface area contributed by atoms with Gasteiger partial charge in [-0.15, -0.1) is 0 Å². The highest BCUT2D eigenvalue weighted by Crippen LogP contribution is 2.37. The summed E-state index contributed by atoms with van der Waals surface area (Å²) < 4.78 is 11.3. The van der Waals surface area contributed by atoms with Crippen LogP contribution in [0.4, 0.5) is 0 Å². The molecule has 0 saturated heterocycles. The van der Waals surface area contributed by atoms with E-state index in [1.54, 1.807) is 12.3 Å². The van der Waals surface area contributed by atoms with Crippen molar-refractivity contribution in [3.8, 4) is 11.5 Å². The van der Waals surface area contributed by atoms with Crippen molar-refractivity contribution >= 4 is 35.1 Å². The number of nitrogens with one attached hydrogen (secondary N) is 2. The topological polar surface area (TPSA) is 54.9 Å². The zero-order chi connectivity index (χ0) is 16.1. The van der Waals surface area contributed by atoms with Crippen LogP contribution in [0.25, 0.3) is 0 Å². The first kappa shape index (κ1) is 16.3. The molecular weight excluding hydrogens is 334 g/mol. The molecule has 124 valence electrons. The lowest BCUT2D eigenvalue weighted by Crippen LogP contribution is -2.38. The molecule has 1 heterocycles. The maximum Gasteiger partial charge on any atom is 0.187 e. The molecule has 0 spiro atoms. The van der Waals surface area contributed by atoms with Crippen LogP contribution in [0.15, 0.2) is 17.2 Å². The highest BCUT2D eigenvalue weighted by Gasteiger charge is 2.16. The quantitative estimate of drug-likeness (QED) is 0.496. The van der Waals surface area contributed by atoms with Crippen molar-refractivity contribution in [2.75, 3.05) is 13.2 Å². The molecule has 1 aromatic carbocycles. The van der Waals surface area contributed by atoms with Gasteiger partial charge in [-0.25, -0.2) is 0 Å². The fraction of sp³-hybridized carbons (Fsp3) is 0.500. The van der Waals surface area contributed by atoms with Crippen molar-refractivity contribution in [1.82, 2.24) is 10.7 Å². The molecule has 0 atom stereocenters. The summed E-state index contributed by atoms with van der Waals surface area (Å²) in [7, 11) is 0. The van der Waals surface area contributed by atoms with E-state index in [9.17, 15) is 0 Å². The fourth-order valence-corrected chi connectivity index (χ4v) is 3.27. The molecule has 1 aliphatic carbocycles. The van der Waals surface area contributed by atoms with Crippen molar-refractivity contribution in [3.63, 3.8) is 0 Å². The number of nitrogens with zero attached hydrogens (tertiary/aromatic N) is 1. The first-order chi connectivity index (χ1) is 11.2. The Bertz CT molecular complexity index is 603. The Morgan fingerprint density at radius 2 is 2.00 bits per heavy atom. The maximum atomic E-state index is 6.25. The molecule has 1 aromatic rings. The van der Waals surface area contributed by atoms with E-state index in [1.165, 1.54) is 25.7 Å². The van der Waals surface area contributed by atoms with Crippen LogP contribution in [0.3, 0.4) is 0 Å². The third kappa shape index (κ3) is 4.48. The normalized spacial score (nSPS) is 18.0. The van der Waals surface area contributed by atoms with Crippen LogP contribution in [0.5, 0.6) is 11.5 Å². The van der Waals surface area contributed by atoms with E-state index >= 15 is 0 Å².